The molecule has 0 aromatic heterocycles. The van der Waals surface area contributed by atoms with Gasteiger partial charge in [-0.15, -0.1) is 0 Å². The lowest BCUT2D eigenvalue weighted by molar-refractivity contribution is -0.123. The van der Waals surface area contributed by atoms with Crippen molar-refractivity contribution in [1.29, 1.82) is 0 Å². The highest BCUT2D eigenvalue weighted by molar-refractivity contribution is 6.31. The van der Waals surface area contributed by atoms with Gasteiger partial charge in [-0.25, -0.2) is 4.39 Å². The summed E-state index contributed by atoms with van der Waals surface area (Å²) in [7, 11) is 0. The SMILES string of the molecule is Cc1cc(OCC(=O)N[C@H](C)c2ccc(F)cc2)ccc1Cl. The minimum Gasteiger partial charge on any atom is -0.484 e. The molecule has 3 nitrogen and oxygen atoms in total. The van der Waals surface area contributed by atoms with Crippen LogP contribution < -0.4 is 10.1 Å². The monoisotopic (exact) mass is 321 g/mol. The lowest BCUT2D eigenvalue weighted by Crippen LogP contribution is -2.31. The van der Waals surface area contributed by atoms with E-state index in [1.54, 1.807) is 30.3 Å². The molecular formula is C17H17ClFNO2. The van der Waals surface area contributed by atoms with Gasteiger partial charge in [0.2, 0.25) is 0 Å². The molecule has 0 radical (unpaired) electrons. The third-order valence-electron chi connectivity index (χ3n) is 3.25. The lowest BCUT2D eigenvalue weighted by atomic mass is 10.1. The molecule has 0 bridgehead atoms. The van der Waals surface area contributed by atoms with Crippen LogP contribution in [0.3, 0.4) is 0 Å². The largest absolute Gasteiger partial charge is 0.484 e. The summed E-state index contributed by atoms with van der Waals surface area (Å²) in [6.07, 6.45) is 0. The number of halogens is 2. The van der Waals surface area contributed by atoms with Crippen molar-refractivity contribution in [1.82, 2.24) is 5.32 Å². The van der Waals surface area contributed by atoms with E-state index < -0.39 is 0 Å². The summed E-state index contributed by atoms with van der Waals surface area (Å²) in [4.78, 5) is 11.9. The third kappa shape index (κ3) is 4.46. The number of amides is 1. The quantitative estimate of drug-likeness (QED) is 0.902. The molecule has 2 aromatic carbocycles. The average Bonchev–Trinajstić information content (AvgIpc) is 2.49. The van der Waals surface area contributed by atoms with Crippen molar-refractivity contribution in [3.63, 3.8) is 0 Å². The van der Waals surface area contributed by atoms with Gasteiger partial charge >= 0.3 is 0 Å². The molecular weight excluding hydrogens is 305 g/mol. The van der Waals surface area contributed by atoms with E-state index in [2.05, 4.69) is 5.32 Å². The predicted octanol–water partition coefficient (Wildman–Crippen LogP) is 4.04. The molecule has 116 valence electrons. The summed E-state index contributed by atoms with van der Waals surface area (Å²) in [5.41, 5.74) is 1.72. The van der Waals surface area contributed by atoms with Crippen molar-refractivity contribution < 1.29 is 13.9 Å². The maximum absolute atomic E-state index is 12.9. The second-order valence-electron chi connectivity index (χ2n) is 5.04. The Kier molecular flexibility index (Phi) is 5.39. The summed E-state index contributed by atoms with van der Waals surface area (Å²) >= 11 is 5.93. The van der Waals surface area contributed by atoms with Crippen molar-refractivity contribution >= 4 is 17.5 Å². The van der Waals surface area contributed by atoms with Crippen LogP contribution in [-0.4, -0.2) is 12.5 Å². The molecule has 2 rings (SSSR count). The van der Waals surface area contributed by atoms with Gasteiger partial charge in [0.25, 0.3) is 5.91 Å². The molecule has 22 heavy (non-hydrogen) atoms. The van der Waals surface area contributed by atoms with E-state index in [9.17, 15) is 9.18 Å². The number of ether oxygens (including phenoxy) is 1. The molecule has 0 saturated heterocycles. The van der Waals surface area contributed by atoms with Gasteiger partial charge in [0.15, 0.2) is 6.61 Å². The number of rotatable bonds is 5. The van der Waals surface area contributed by atoms with Crippen LogP contribution in [0.15, 0.2) is 42.5 Å². The van der Waals surface area contributed by atoms with Gasteiger partial charge in [0.1, 0.15) is 11.6 Å². The Labute approximate surface area is 134 Å². The highest BCUT2D eigenvalue weighted by atomic mass is 35.5. The van der Waals surface area contributed by atoms with Gasteiger partial charge in [0.05, 0.1) is 6.04 Å². The van der Waals surface area contributed by atoms with Crippen molar-refractivity contribution in [3.8, 4) is 5.75 Å². The average molecular weight is 322 g/mol. The van der Waals surface area contributed by atoms with Gasteiger partial charge < -0.3 is 10.1 Å². The zero-order valence-corrected chi connectivity index (χ0v) is 13.2. The number of carbonyl (C=O) groups excluding carboxylic acids is 1. The molecule has 0 aliphatic rings. The van der Waals surface area contributed by atoms with E-state index in [0.717, 1.165) is 11.1 Å². The normalized spacial score (nSPS) is 11.8. The number of carbonyl (C=O) groups is 1. The summed E-state index contributed by atoms with van der Waals surface area (Å²) in [5, 5.41) is 3.45. The van der Waals surface area contributed by atoms with E-state index in [4.69, 9.17) is 16.3 Å². The number of benzene rings is 2. The molecule has 0 spiro atoms. The first kappa shape index (κ1) is 16.3. The van der Waals surface area contributed by atoms with Crippen molar-refractivity contribution in [2.45, 2.75) is 19.9 Å². The number of hydrogen-bond acceptors (Lipinski definition) is 2. The van der Waals surface area contributed by atoms with Crippen LogP contribution in [0.5, 0.6) is 5.75 Å². The molecule has 0 saturated carbocycles. The second kappa shape index (κ2) is 7.27. The smallest absolute Gasteiger partial charge is 0.258 e. The van der Waals surface area contributed by atoms with Crippen LogP contribution in [0.25, 0.3) is 0 Å². The lowest BCUT2D eigenvalue weighted by Gasteiger charge is -2.15. The van der Waals surface area contributed by atoms with Crippen LogP contribution in [0, 0.1) is 12.7 Å². The first-order valence-corrected chi connectivity index (χ1v) is 7.27. The molecule has 0 unspecified atom stereocenters. The minimum absolute atomic E-state index is 0.0907. The van der Waals surface area contributed by atoms with Crippen LogP contribution in [0.4, 0.5) is 4.39 Å². The zero-order chi connectivity index (χ0) is 16.1. The van der Waals surface area contributed by atoms with Gasteiger partial charge in [-0.1, -0.05) is 23.7 Å². The van der Waals surface area contributed by atoms with Gasteiger partial charge in [-0.05, 0) is 55.3 Å². The maximum Gasteiger partial charge on any atom is 0.258 e. The van der Waals surface area contributed by atoms with E-state index in [1.807, 2.05) is 13.8 Å². The molecule has 0 fully saturated rings. The van der Waals surface area contributed by atoms with E-state index >= 15 is 0 Å². The first-order valence-electron chi connectivity index (χ1n) is 6.89. The van der Waals surface area contributed by atoms with Crippen LogP contribution in [-0.2, 0) is 4.79 Å². The van der Waals surface area contributed by atoms with Crippen molar-refractivity contribution in [2.24, 2.45) is 0 Å². The molecule has 5 heteroatoms. The van der Waals surface area contributed by atoms with Crippen LogP contribution >= 0.6 is 11.6 Å². The Morgan fingerprint density at radius 2 is 1.95 bits per heavy atom. The first-order chi connectivity index (χ1) is 10.5. The topological polar surface area (TPSA) is 38.3 Å². The molecule has 1 amide bonds. The Bertz CT molecular complexity index is 658. The standard InChI is InChI=1S/C17H17ClFNO2/c1-11-9-15(7-8-16(11)18)22-10-17(21)20-12(2)13-3-5-14(19)6-4-13/h3-9,12H,10H2,1-2H3,(H,20,21)/t12-/m1/s1. The number of aryl methyl sites for hydroxylation is 1. The maximum atomic E-state index is 12.9. The zero-order valence-electron chi connectivity index (χ0n) is 12.4. The van der Waals surface area contributed by atoms with Gasteiger partial charge in [-0.2, -0.15) is 0 Å². The molecule has 2 aromatic rings. The molecule has 0 aliphatic heterocycles. The number of hydrogen-bond donors (Lipinski definition) is 1. The summed E-state index contributed by atoms with van der Waals surface area (Å²) in [5.74, 6) is 0.0413. The Morgan fingerprint density at radius 3 is 2.59 bits per heavy atom. The molecule has 0 aliphatic carbocycles. The second-order valence-corrected chi connectivity index (χ2v) is 5.45. The van der Waals surface area contributed by atoms with E-state index in [1.165, 1.54) is 12.1 Å². The van der Waals surface area contributed by atoms with E-state index in [0.29, 0.717) is 10.8 Å². The fraction of sp³-hybridized carbons (Fsp3) is 0.235. The Balaban J connectivity index is 1.87. The summed E-state index contributed by atoms with van der Waals surface area (Å²) in [6, 6.07) is 11.0. The van der Waals surface area contributed by atoms with Gasteiger partial charge in [0, 0.05) is 5.02 Å². The summed E-state index contributed by atoms with van der Waals surface area (Å²) in [6.45, 7) is 3.61. The predicted molar refractivity (Wildman–Crippen MR) is 84.6 cm³/mol. The fourth-order valence-corrected chi connectivity index (χ4v) is 2.09. The van der Waals surface area contributed by atoms with E-state index in [-0.39, 0.29) is 24.4 Å². The van der Waals surface area contributed by atoms with Crippen LogP contribution in [0.1, 0.15) is 24.1 Å². The highest BCUT2D eigenvalue weighted by Crippen LogP contribution is 2.21. The summed E-state index contributed by atoms with van der Waals surface area (Å²) < 4.78 is 18.3. The number of nitrogens with one attached hydrogen (secondary N) is 1. The van der Waals surface area contributed by atoms with Crippen molar-refractivity contribution in [2.75, 3.05) is 6.61 Å². The Hall–Kier alpha value is -2.07. The molecule has 1 atom stereocenters. The minimum atomic E-state index is -0.302. The third-order valence-corrected chi connectivity index (χ3v) is 3.67. The van der Waals surface area contributed by atoms with Crippen LogP contribution in [0.2, 0.25) is 5.02 Å². The molecule has 1 N–H and O–H groups in total. The molecule has 0 heterocycles. The fourth-order valence-electron chi connectivity index (χ4n) is 1.97. The van der Waals surface area contributed by atoms with Gasteiger partial charge in [-0.3, -0.25) is 4.79 Å². The Morgan fingerprint density at radius 1 is 1.27 bits per heavy atom. The van der Waals surface area contributed by atoms with Crippen molar-refractivity contribution in [3.05, 3.63) is 64.4 Å². The highest BCUT2D eigenvalue weighted by Gasteiger charge is 2.10.